The first-order valence-electron chi connectivity index (χ1n) is 9.96. The number of piperazine rings is 1. The maximum Gasteiger partial charge on any atom is 0.0741 e. The number of pyridine rings is 2. The molecule has 1 aliphatic rings. The summed E-state index contributed by atoms with van der Waals surface area (Å²) in [6.07, 6.45) is 0. The number of benzene rings is 2. The largest absolute Gasteiger partial charge is 0.368 e. The average molecular weight is 405 g/mol. The highest BCUT2D eigenvalue weighted by atomic mass is 35.5. The third-order valence-electron chi connectivity index (χ3n) is 5.09. The van der Waals surface area contributed by atoms with Crippen molar-refractivity contribution >= 4 is 39.1 Å². The van der Waals surface area contributed by atoms with Gasteiger partial charge in [0.1, 0.15) is 0 Å². The molecule has 0 spiro atoms. The molecule has 0 aliphatic carbocycles. The van der Waals surface area contributed by atoms with Crippen molar-refractivity contribution in [1.82, 2.24) is 15.3 Å². The van der Waals surface area contributed by atoms with Crippen LogP contribution in [-0.2, 0) is 0 Å². The molecule has 4 aromatic rings. The van der Waals surface area contributed by atoms with Crippen LogP contribution in [0.1, 0.15) is 11.4 Å². The van der Waals surface area contributed by atoms with Crippen LogP contribution in [0.3, 0.4) is 0 Å². The Morgan fingerprint density at radius 3 is 2.38 bits per heavy atom. The van der Waals surface area contributed by atoms with E-state index in [1.54, 1.807) is 0 Å². The zero-order chi connectivity index (χ0) is 20.2. The Balaban J connectivity index is 0.000000159. The van der Waals surface area contributed by atoms with Gasteiger partial charge in [0.25, 0.3) is 0 Å². The lowest BCUT2D eigenvalue weighted by Crippen LogP contribution is -2.43. The van der Waals surface area contributed by atoms with Crippen molar-refractivity contribution in [1.29, 1.82) is 0 Å². The predicted octanol–water partition coefficient (Wildman–Crippen LogP) is 5.15. The van der Waals surface area contributed by atoms with Gasteiger partial charge in [0.2, 0.25) is 0 Å². The number of nitrogens with one attached hydrogen (secondary N) is 1. The lowest BCUT2D eigenvalue weighted by Gasteiger charge is -2.30. The van der Waals surface area contributed by atoms with Crippen LogP contribution in [-0.4, -0.2) is 36.1 Å². The van der Waals surface area contributed by atoms with E-state index in [9.17, 15) is 0 Å². The molecular weight excluding hydrogens is 380 g/mol. The van der Waals surface area contributed by atoms with Crippen LogP contribution in [0.5, 0.6) is 0 Å². The molecule has 0 bridgehead atoms. The Bertz CT molecular complexity index is 1140. The minimum absolute atomic E-state index is 0.786. The third kappa shape index (κ3) is 4.50. The third-order valence-corrected chi connectivity index (χ3v) is 5.40. The molecule has 5 rings (SSSR count). The smallest absolute Gasteiger partial charge is 0.0741 e. The van der Waals surface area contributed by atoms with Crippen LogP contribution < -0.4 is 10.2 Å². The molecule has 0 amide bonds. The van der Waals surface area contributed by atoms with Gasteiger partial charge in [-0.1, -0.05) is 41.9 Å². The highest BCUT2D eigenvalue weighted by Crippen LogP contribution is 2.32. The Hall–Kier alpha value is -2.69. The molecule has 2 aromatic heterocycles. The van der Waals surface area contributed by atoms with Gasteiger partial charge in [0.05, 0.1) is 16.1 Å². The van der Waals surface area contributed by atoms with E-state index >= 15 is 0 Å². The highest BCUT2D eigenvalue weighted by molar-refractivity contribution is 6.36. The summed E-state index contributed by atoms with van der Waals surface area (Å²) in [7, 11) is 0. The Morgan fingerprint density at radius 2 is 1.55 bits per heavy atom. The summed E-state index contributed by atoms with van der Waals surface area (Å²) in [6, 6.07) is 20.3. The highest BCUT2D eigenvalue weighted by Gasteiger charge is 2.16. The molecule has 5 heteroatoms. The fourth-order valence-electron chi connectivity index (χ4n) is 3.67. The molecule has 0 saturated carbocycles. The Morgan fingerprint density at radius 1 is 0.828 bits per heavy atom. The van der Waals surface area contributed by atoms with Crippen LogP contribution in [0.15, 0.2) is 60.7 Å². The molecule has 3 heterocycles. The fourth-order valence-corrected chi connectivity index (χ4v) is 3.94. The van der Waals surface area contributed by atoms with E-state index in [1.807, 2.05) is 56.3 Å². The number of aromatic nitrogens is 2. The fraction of sp³-hybridized carbons (Fsp3) is 0.250. The number of hydrogen-bond acceptors (Lipinski definition) is 4. The Kier molecular flexibility index (Phi) is 5.93. The van der Waals surface area contributed by atoms with Crippen molar-refractivity contribution in [2.75, 3.05) is 31.1 Å². The summed E-state index contributed by atoms with van der Waals surface area (Å²) in [5.74, 6) is 0. The molecule has 148 valence electrons. The van der Waals surface area contributed by atoms with Gasteiger partial charge in [-0.05, 0) is 44.2 Å². The number of anilines is 1. The monoisotopic (exact) mass is 404 g/mol. The number of rotatable bonds is 1. The number of nitrogens with zero attached hydrogens (tertiary/aromatic N) is 3. The number of aryl methyl sites for hydroxylation is 2. The van der Waals surface area contributed by atoms with Gasteiger partial charge in [-0.15, -0.1) is 0 Å². The van der Waals surface area contributed by atoms with E-state index in [0.717, 1.165) is 59.0 Å². The number of para-hydroxylation sites is 1. The molecule has 4 nitrogen and oxygen atoms in total. The summed E-state index contributed by atoms with van der Waals surface area (Å²) in [5, 5.41) is 6.44. The van der Waals surface area contributed by atoms with Gasteiger partial charge in [-0.3, -0.25) is 9.97 Å². The van der Waals surface area contributed by atoms with Gasteiger partial charge in [-0.2, -0.15) is 0 Å². The second-order valence-electron chi connectivity index (χ2n) is 7.30. The molecule has 1 saturated heterocycles. The quantitative estimate of drug-likeness (QED) is 0.476. The molecule has 1 N–H and O–H groups in total. The van der Waals surface area contributed by atoms with Crippen molar-refractivity contribution in [2.24, 2.45) is 0 Å². The van der Waals surface area contributed by atoms with E-state index in [-0.39, 0.29) is 0 Å². The molecule has 0 radical (unpaired) electrons. The van der Waals surface area contributed by atoms with Gasteiger partial charge in [0.15, 0.2) is 0 Å². The van der Waals surface area contributed by atoms with Gasteiger partial charge in [0, 0.05) is 54.0 Å². The molecule has 29 heavy (non-hydrogen) atoms. The van der Waals surface area contributed by atoms with E-state index < -0.39 is 0 Å². The first-order chi connectivity index (χ1) is 14.1. The van der Waals surface area contributed by atoms with E-state index in [1.165, 1.54) is 11.1 Å². The van der Waals surface area contributed by atoms with E-state index in [0.29, 0.717) is 0 Å². The molecule has 2 aromatic carbocycles. The van der Waals surface area contributed by atoms with Gasteiger partial charge < -0.3 is 10.2 Å². The van der Waals surface area contributed by atoms with Crippen LogP contribution in [0, 0.1) is 13.8 Å². The number of halogens is 1. The first-order valence-corrected chi connectivity index (χ1v) is 10.3. The van der Waals surface area contributed by atoms with Crippen LogP contribution in [0.4, 0.5) is 5.69 Å². The van der Waals surface area contributed by atoms with Gasteiger partial charge in [-0.25, -0.2) is 0 Å². The molecular formula is C24H25ClN4. The molecule has 1 fully saturated rings. The van der Waals surface area contributed by atoms with E-state index in [2.05, 4.69) is 38.4 Å². The van der Waals surface area contributed by atoms with Crippen molar-refractivity contribution in [2.45, 2.75) is 13.8 Å². The van der Waals surface area contributed by atoms with Crippen molar-refractivity contribution in [3.8, 4) is 0 Å². The molecule has 0 atom stereocenters. The Labute approximate surface area is 176 Å². The van der Waals surface area contributed by atoms with Crippen LogP contribution >= 0.6 is 11.6 Å². The topological polar surface area (TPSA) is 41.0 Å². The second-order valence-corrected chi connectivity index (χ2v) is 7.71. The van der Waals surface area contributed by atoms with E-state index in [4.69, 9.17) is 11.6 Å². The number of hydrogen-bond donors (Lipinski definition) is 1. The summed E-state index contributed by atoms with van der Waals surface area (Å²) in [6.45, 7) is 8.12. The first kappa shape index (κ1) is 19.6. The summed E-state index contributed by atoms with van der Waals surface area (Å²) in [4.78, 5) is 11.3. The standard InChI is InChI=1S/C14H16ClN3.C10H9N/c1-10-9-13(18-7-5-16-6-8-18)14-11(15)3-2-4-12(14)17-10;1-8-6-7-9-4-2-3-5-10(9)11-8/h2-4,9,16H,5-8H2,1H3;2-7H,1H3. The van der Waals surface area contributed by atoms with Crippen molar-refractivity contribution in [3.05, 3.63) is 77.1 Å². The zero-order valence-corrected chi connectivity index (χ0v) is 17.6. The SMILES string of the molecule is Cc1cc(N2CCNCC2)c2c(Cl)cccc2n1.Cc1ccc2ccccc2n1. The van der Waals surface area contributed by atoms with Crippen molar-refractivity contribution < 1.29 is 0 Å². The lowest BCUT2D eigenvalue weighted by atomic mass is 10.1. The molecule has 0 unspecified atom stereocenters. The van der Waals surface area contributed by atoms with Crippen LogP contribution in [0.2, 0.25) is 5.02 Å². The normalized spacial score (nSPS) is 14.0. The second kappa shape index (κ2) is 8.76. The maximum atomic E-state index is 6.35. The van der Waals surface area contributed by atoms with Crippen LogP contribution in [0.25, 0.3) is 21.8 Å². The summed E-state index contributed by atoms with van der Waals surface area (Å²) < 4.78 is 0. The minimum atomic E-state index is 0.786. The summed E-state index contributed by atoms with van der Waals surface area (Å²) in [5.41, 5.74) is 5.38. The lowest BCUT2D eigenvalue weighted by molar-refractivity contribution is 0.590. The predicted molar refractivity (Wildman–Crippen MR) is 123 cm³/mol. The molecule has 1 aliphatic heterocycles. The van der Waals surface area contributed by atoms with Gasteiger partial charge >= 0.3 is 0 Å². The zero-order valence-electron chi connectivity index (χ0n) is 16.8. The maximum absolute atomic E-state index is 6.35. The van der Waals surface area contributed by atoms with Crippen molar-refractivity contribution in [3.63, 3.8) is 0 Å². The summed E-state index contributed by atoms with van der Waals surface area (Å²) >= 11 is 6.35. The number of fused-ring (bicyclic) bond motifs is 2. The average Bonchev–Trinajstić information content (AvgIpc) is 2.74. The minimum Gasteiger partial charge on any atom is -0.368 e.